The molecule has 2 N–H and O–H groups in total. The van der Waals surface area contributed by atoms with Crippen LogP contribution in [-0.4, -0.2) is 65.0 Å². The molecule has 1 aliphatic heterocycles. The van der Waals surface area contributed by atoms with Gasteiger partial charge in [0, 0.05) is 46.8 Å². The summed E-state index contributed by atoms with van der Waals surface area (Å²) in [5.41, 5.74) is 5.88. The van der Waals surface area contributed by atoms with Crippen molar-refractivity contribution >= 4 is 11.9 Å². The molecule has 2 heterocycles. The van der Waals surface area contributed by atoms with Crippen molar-refractivity contribution in [3.8, 4) is 0 Å². The molecule has 0 amide bonds. The second kappa shape index (κ2) is 8.50. The minimum Gasteiger partial charge on any atom is -0.368 e. The molecule has 1 aromatic heterocycles. The van der Waals surface area contributed by atoms with Crippen LogP contribution in [0.1, 0.15) is 29.9 Å². The summed E-state index contributed by atoms with van der Waals surface area (Å²) in [7, 11) is 3.69. The molecule has 29 heavy (non-hydrogen) atoms. The molecular formula is C19H26F3N7. The van der Waals surface area contributed by atoms with Crippen LogP contribution < -0.4 is 10.6 Å². The minimum atomic E-state index is -4.32. The minimum absolute atomic E-state index is 0.0327. The third kappa shape index (κ3) is 5.33. The number of hydrogen-bond acceptors (Lipinski definition) is 7. The maximum absolute atomic E-state index is 12.9. The number of rotatable bonds is 5. The van der Waals surface area contributed by atoms with Crippen molar-refractivity contribution in [2.75, 3.05) is 50.9 Å². The summed E-state index contributed by atoms with van der Waals surface area (Å²) in [4.78, 5) is 19.1. The van der Waals surface area contributed by atoms with Crippen molar-refractivity contribution in [1.29, 1.82) is 0 Å². The molecule has 1 aromatic carbocycles. The highest BCUT2D eigenvalue weighted by molar-refractivity contribution is 5.33. The molecule has 10 heteroatoms. The van der Waals surface area contributed by atoms with Gasteiger partial charge in [-0.3, -0.25) is 9.80 Å². The van der Waals surface area contributed by atoms with Crippen LogP contribution in [0, 0.1) is 0 Å². The van der Waals surface area contributed by atoms with Gasteiger partial charge in [0.15, 0.2) is 5.82 Å². The number of nitrogens with two attached hydrogens (primary N) is 1. The third-order valence-electron chi connectivity index (χ3n) is 5.05. The largest absolute Gasteiger partial charge is 0.416 e. The summed E-state index contributed by atoms with van der Waals surface area (Å²) in [6.45, 7) is 5.56. The van der Waals surface area contributed by atoms with Gasteiger partial charge in [0.05, 0.1) is 11.6 Å². The number of piperazine rings is 1. The van der Waals surface area contributed by atoms with Crippen LogP contribution >= 0.6 is 0 Å². The van der Waals surface area contributed by atoms with Crippen molar-refractivity contribution in [1.82, 2.24) is 24.8 Å². The molecule has 1 aliphatic rings. The van der Waals surface area contributed by atoms with E-state index in [4.69, 9.17) is 5.73 Å². The Hall–Kier alpha value is -2.46. The summed E-state index contributed by atoms with van der Waals surface area (Å²) in [5, 5.41) is 0. The smallest absolute Gasteiger partial charge is 0.368 e. The van der Waals surface area contributed by atoms with Crippen molar-refractivity contribution in [3.05, 3.63) is 41.2 Å². The van der Waals surface area contributed by atoms with Gasteiger partial charge in [0.25, 0.3) is 0 Å². The van der Waals surface area contributed by atoms with Crippen molar-refractivity contribution < 1.29 is 13.2 Å². The van der Waals surface area contributed by atoms with E-state index in [0.29, 0.717) is 23.9 Å². The van der Waals surface area contributed by atoms with E-state index in [-0.39, 0.29) is 12.0 Å². The Balaban J connectivity index is 1.61. The molecule has 7 nitrogen and oxygen atoms in total. The first-order valence-electron chi connectivity index (χ1n) is 9.45. The molecule has 1 atom stereocenters. The summed E-state index contributed by atoms with van der Waals surface area (Å²) in [5.74, 6) is 1.32. The lowest BCUT2D eigenvalue weighted by Crippen LogP contribution is -2.47. The fourth-order valence-corrected chi connectivity index (χ4v) is 3.36. The Morgan fingerprint density at radius 2 is 1.79 bits per heavy atom. The average Bonchev–Trinajstić information content (AvgIpc) is 2.67. The number of nitrogens with zero attached hydrogens (tertiary/aromatic N) is 6. The number of aromatic nitrogens is 3. The van der Waals surface area contributed by atoms with Crippen LogP contribution in [0.4, 0.5) is 25.1 Å². The SMILES string of the molecule is CC(c1nc(N)nc(N(C)C)n1)N1CCN(Cc2cccc(C(F)(F)F)c2)CC1. The lowest BCUT2D eigenvalue weighted by molar-refractivity contribution is -0.137. The highest BCUT2D eigenvalue weighted by atomic mass is 19.4. The zero-order valence-corrected chi connectivity index (χ0v) is 16.8. The van der Waals surface area contributed by atoms with Crippen molar-refractivity contribution in [2.24, 2.45) is 0 Å². The second-order valence-electron chi connectivity index (χ2n) is 7.43. The van der Waals surface area contributed by atoms with Crippen molar-refractivity contribution in [3.63, 3.8) is 0 Å². The van der Waals surface area contributed by atoms with Gasteiger partial charge >= 0.3 is 6.18 Å². The van der Waals surface area contributed by atoms with E-state index >= 15 is 0 Å². The van der Waals surface area contributed by atoms with Crippen LogP contribution in [-0.2, 0) is 12.7 Å². The van der Waals surface area contributed by atoms with Gasteiger partial charge in [0.1, 0.15) is 0 Å². The van der Waals surface area contributed by atoms with Gasteiger partial charge in [-0.25, -0.2) is 0 Å². The number of halogens is 3. The summed E-state index contributed by atoms with van der Waals surface area (Å²) in [6, 6.07) is 5.50. The standard InChI is InChI=1S/C19H26F3N7/c1-13(16-24-17(23)26-18(25-16)27(2)3)29-9-7-28(8-10-29)12-14-5-4-6-15(11-14)19(20,21)22/h4-6,11,13H,7-10,12H2,1-3H3,(H2,23,24,25,26). The number of nitrogen functional groups attached to an aromatic ring is 1. The molecule has 158 valence electrons. The fourth-order valence-electron chi connectivity index (χ4n) is 3.36. The van der Waals surface area contributed by atoms with Crippen LogP contribution in [0.25, 0.3) is 0 Å². The first-order chi connectivity index (χ1) is 13.6. The zero-order valence-electron chi connectivity index (χ0n) is 16.8. The molecule has 1 unspecified atom stereocenters. The third-order valence-corrected chi connectivity index (χ3v) is 5.05. The number of hydrogen-bond donors (Lipinski definition) is 1. The van der Waals surface area contributed by atoms with Crippen LogP contribution in [0.3, 0.4) is 0 Å². The van der Waals surface area contributed by atoms with Crippen LogP contribution in [0.2, 0.25) is 0 Å². The van der Waals surface area contributed by atoms with Gasteiger partial charge in [-0.15, -0.1) is 0 Å². The van der Waals surface area contributed by atoms with Gasteiger partial charge in [0.2, 0.25) is 11.9 Å². The Labute approximate surface area is 168 Å². The summed E-state index contributed by atoms with van der Waals surface area (Å²) >= 11 is 0. The van der Waals surface area contributed by atoms with Crippen LogP contribution in [0.15, 0.2) is 24.3 Å². The van der Waals surface area contributed by atoms with Gasteiger partial charge in [-0.2, -0.15) is 28.1 Å². The van der Waals surface area contributed by atoms with Gasteiger partial charge in [-0.05, 0) is 18.6 Å². The van der Waals surface area contributed by atoms with Crippen molar-refractivity contribution in [2.45, 2.75) is 25.7 Å². The molecule has 0 aliphatic carbocycles. The maximum atomic E-state index is 12.9. The lowest BCUT2D eigenvalue weighted by Gasteiger charge is -2.37. The Morgan fingerprint density at radius 1 is 1.10 bits per heavy atom. The van der Waals surface area contributed by atoms with E-state index in [0.717, 1.165) is 32.2 Å². The highest BCUT2D eigenvalue weighted by Crippen LogP contribution is 2.30. The van der Waals surface area contributed by atoms with E-state index in [1.165, 1.54) is 12.1 Å². The van der Waals surface area contributed by atoms with E-state index in [9.17, 15) is 13.2 Å². The van der Waals surface area contributed by atoms with E-state index in [2.05, 4.69) is 24.8 Å². The first kappa shape index (κ1) is 21.3. The number of anilines is 2. The molecule has 0 bridgehead atoms. The highest BCUT2D eigenvalue weighted by Gasteiger charge is 2.30. The predicted molar refractivity (Wildman–Crippen MR) is 105 cm³/mol. The monoisotopic (exact) mass is 409 g/mol. The molecule has 1 saturated heterocycles. The predicted octanol–water partition coefficient (Wildman–Crippen LogP) is 2.42. The molecule has 0 spiro atoms. The summed E-state index contributed by atoms with van der Waals surface area (Å²) < 4.78 is 38.7. The fraction of sp³-hybridized carbons (Fsp3) is 0.526. The maximum Gasteiger partial charge on any atom is 0.416 e. The Kier molecular flexibility index (Phi) is 6.23. The molecular weight excluding hydrogens is 383 g/mol. The van der Waals surface area contributed by atoms with E-state index in [1.54, 1.807) is 11.0 Å². The van der Waals surface area contributed by atoms with E-state index in [1.807, 2.05) is 21.0 Å². The number of alkyl halides is 3. The Morgan fingerprint density at radius 3 is 2.41 bits per heavy atom. The average molecular weight is 409 g/mol. The molecule has 2 aromatic rings. The molecule has 3 rings (SSSR count). The molecule has 1 fully saturated rings. The normalized spacial score (nSPS) is 17.3. The molecule has 0 radical (unpaired) electrons. The molecule has 0 saturated carbocycles. The summed E-state index contributed by atoms with van der Waals surface area (Å²) in [6.07, 6.45) is -4.32. The second-order valence-corrected chi connectivity index (χ2v) is 7.43. The number of benzene rings is 1. The Bertz CT molecular complexity index is 833. The van der Waals surface area contributed by atoms with E-state index < -0.39 is 11.7 Å². The topological polar surface area (TPSA) is 74.4 Å². The quantitative estimate of drug-likeness (QED) is 0.813. The first-order valence-corrected chi connectivity index (χ1v) is 9.45. The lowest BCUT2D eigenvalue weighted by atomic mass is 10.1. The zero-order chi connectivity index (χ0) is 21.2. The van der Waals surface area contributed by atoms with Crippen LogP contribution in [0.5, 0.6) is 0 Å². The van der Waals surface area contributed by atoms with Gasteiger partial charge in [-0.1, -0.05) is 18.2 Å². The van der Waals surface area contributed by atoms with Gasteiger partial charge < -0.3 is 10.6 Å².